The summed E-state index contributed by atoms with van der Waals surface area (Å²) in [4.78, 5) is 38.4. The number of ether oxygens (including phenoxy) is 1. The van der Waals surface area contributed by atoms with Gasteiger partial charge in [-0.2, -0.15) is 0 Å². The van der Waals surface area contributed by atoms with Crippen molar-refractivity contribution in [3.63, 3.8) is 0 Å². The van der Waals surface area contributed by atoms with Gasteiger partial charge in [0.05, 0.1) is 17.0 Å². The molecule has 0 bridgehead atoms. The number of nitrogens with one attached hydrogen (secondary N) is 2. The van der Waals surface area contributed by atoms with Crippen LogP contribution in [-0.4, -0.2) is 24.4 Å². The molecule has 0 aliphatic heterocycles. The first-order chi connectivity index (χ1) is 14.7. The van der Waals surface area contributed by atoms with Crippen molar-refractivity contribution in [2.24, 2.45) is 0 Å². The van der Waals surface area contributed by atoms with E-state index in [1.807, 2.05) is 32.0 Å². The van der Waals surface area contributed by atoms with E-state index in [2.05, 4.69) is 26.6 Å². The van der Waals surface area contributed by atoms with E-state index in [1.165, 1.54) is 6.07 Å². The Labute approximate surface area is 191 Å². The summed E-state index contributed by atoms with van der Waals surface area (Å²) in [6, 6.07) is 8.78. The van der Waals surface area contributed by atoms with Gasteiger partial charge in [0, 0.05) is 5.69 Å². The highest BCUT2D eigenvalue weighted by Crippen LogP contribution is 2.35. The van der Waals surface area contributed by atoms with Crippen molar-refractivity contribution >= 4 is 55.7 Å². The van der Waals surface area contributed by atoms with Gasteiger partial charge in [-0.3, -0.25) is 9.59 Å². The number of aryl methyl sites for hydroxylation is 2. The van der Waals surface area contributed by atoms with Crippen LogP contribution >= 0.6 is 27.3 Å². The van der Waals surface area contributed by atoms with Gasteiger partial charge in [0.1, 0.15) is 5.00 Å². The van der Waals surface area contributed by atoms with Crippen LogP contribution in [0.1, 0.15) is 54.2 Å². The molecule has 2 heterocycles. The molecule has 2 N–H and O–H groups in total. The fraction of sp³-hybridized carbons (Fsp3) is 0.227. The van der Waals surface area contributed by atoms with Crippen LogP contribution in [0.15, 0.2) is 39.4 Å². The number of halogens is 1. The number of benzene rings is 1. The first-order valence-electron chi connectivity index (χ1n) is 9.47. The number of furan rings is 1. The van der Waals surface area contributed by atoms with E-state index in [4.69, 9.17) is 9.15 Å². The molecule has 0 unspecified atom stereocenters. The van der Waals surface area contributed by atoms with Crippen LogP contribution in [0.5, 0.6) is 0 Å². The quantitative estimate of drug-likeness (QED) is 0.419. The molecule has 9 heteroatoms. The number of thiophene rings is 1. The highest BCUT2D eigenvalue weighted by atomic mass is 79.9. The molecule has 162 valence electrons. The molecule has 0 atom stereocenters. The minimum absolute atomic E-state index is 0.0639. The summed E-state index contributed by atoms with van der Waals surface area (Å²) >= 11 is 4.16. The van der Waals surface area contributed by atoms with Crippen LogP contribution in [0, 0.1) is 20.8 Å². The Kier molecular flexibility index (Phi) is 6.97. The number of carbonyl (C=O) groups is 3. The molecule has 1 aromatic carbocycles. The SMILES string of the molecule is CCOC(=O)c1c(NC(=O)c2ccc(Br)o2)sc(C(=O)Nc2ccc(C)cc2C)c1C. The third kappa shape index (κ3) is 5.05. The van der Waals surface area contributed by atoms with Gasteiger partial charge in [0.25, 0.3) is 11.8 Å². The molecule has 0 fully saturated rings. The summed E-state index contributed by atoms with van der Waals surface area (Å²) in [6.07, 6.45) is 0. The van der Waals surface area contributed by atoms with Gasteiger partial charge in [-0.15, -0.1) is 11.3 Å². The summed E-state index contributed by atoms with van der Waals surface area (Å²) in [6.45, 7) is 7.38. The predicted molar refractivity (Wildman–Crippen MR) is 123 cm³/mol. The summed E-state index contributed by atoms with van der Waals surface area (Å²) in [5, 5.41) is 5.76. The lowest BCUT2D eigenvalue weighted by Gasteiger charge is -2.09. The normalized spacial score (nSPS) is 10.6. The number of esters is 1. The van der Waals surface area contributed by atoms with Gasteiger partial charge in [0.15, 0.2) is 10.4 Å². The lowest BCUT2D eigenvalue weighted by atomic mass is 10.1. The maximum atomic E-state index is 13.0. The van der Waals surface area contributed by atoms with Crippen LogP contribution in [0.2, 0.25) is 0 Å². The van der Waals surface area contributed by atoms with Crippen LogP contribution < -0.4 is 10.6 Å². The van der Waals surface area contributed by atoms with Gasteiger partial charge in [-0.25, -0.2) is 4.79 Å². The Morgan fingerprint density at radius 2 is 1.81 bits per heavy atom. The Hall–Kier alpha value is -2.91. The molecule has 31 heavy (non-hydrogen) atoms. The molecule has 0 saturated carbocycles. The van der Waals surface area contributed by atoms with Crippen LogP contribution in [0.25, 0.3) is 0 Å². The smallest absolute Gasteiger partial charge is 0.341 e. The summed E-state index contributed by atoms with van der Waals surface area (Å²) in [7, 11) is 0. The maximum absolute atomic E-state index is 13.0. The maximum Gasteiger partial charge on any atom is 0.341 e. The Morgan fingerprint density at radius 1 is 1.06 bits per heavy atom. The zero-order chi connectivity index (χ0) is 22.7. The zero-order valence-electron chi connectivity index (χ0n) is 17.4. The van der Waals surface area contributed by atoms with E-state index >= 15 is 0 Å². The number of anilines is 2. The number of hydrogen-bond donors (Lipinski definition) is 2. The zero-order valence-corrected chi connectivity index (χ0v) is 19.8. The summed E-state index contributed by atoms with van der Waals surface area (Å²) < 4.78 is 10.8. The molecule has 0 saturated heterocycles. The summed E-state index contributed by atoms with van der Waals surface area (Å²) in [5.74, 6) is -1.47. The fourth-order valence-electron chi connectivity index (χ4n) is 3.00. The lowest BCUT2D eigenvalue weighted by molar-refractivity contribution is 0.0527. The Balaban J connectivity index is 1.95. The number of rotatable bonds is 6. The average Bonchev–Trinajstić information content (AvgIpc) is 3.27. The van der Waals surface area contributed by atoms with E-state index < -0.39 is 11.9 Å². The molecular weight excluding hydrogens is 484 g/mol. The van der Waals surface area contributed by atoms with E-state index in [9.17, 15) is 14.4 Å². The number of hydrogen-bond acceptors (Lipinski definition) is 6. The first kappa shape index (κ1) is 22.8. The fourth-order valence-corrected chi connectivity index (χ4v) is 4.39. The summed E-state index contributed by atoms with van der Waals surface area (Å²) in [5.41, 5.74) is 3.26. The first-order valence-corrected chi connectivity index (χ1v) is 11.1. The standard InChI is InChI=1S/C22H21BrN2O5S/c1-5-29-22(28)17-13(4)18(20(27)24-14-7-6-11(2)10-12(14)3)31-21(17)25-19(26)15-8-9-16(23)30-15/h6-10H,5H2,1-4H3,(H,24,27)(H,25,26). The highest BCUT2D eigenvalue weighted by molar-refractivity contribution is 9.10. The molecule has 3 rings (SSSR count). The van der Waals surface area contributed by atoms with E-state index in [0.717, 1.165) is 22.5 Å². The lowest BCUT2D eigenvalue weighted by Crippen LogP contribution is -2.15. The van der Waals surface area contributed by atoms with Crippen LogP contribution in [-0.2, 0) is 4.74 Å². The van der Waals surface area contributed by atoms with Crippen molar-refractivity contribution in [1.82, 2.24) is 0 Å². The van der Waals surface area contributed by atoms with Gasteiger partial charge < -0.3 is 19.8 Å². The van der Waals surface area contributed by atoms with E-state index in [1.54, 1.807) is 19.9 Å². The van der Waals surface area contributed by atoms with Crippen LogP contribution in [0.3, 0.4) is 0 Å². The number of amides is 2. The van der Waals surface area contributed by atoms with Gasteiger partial charge in [-0.05, 0) is 73.0 Å². The molecule has 0 spiro atoms. The average molecular weight is 505 g/mol. The molecule has 2 aromatic heterocycles. The minimum atomic E-state index is -0.613. The van der Waals surface area contributed by atoms with Crippen LogP contribution in [0.4, 0.5) is 10.7 Å². The second-order valence-electron chi connectivity index (χ2n) is 6.81. The monoisotopic (exact) mass is 504 g/mol. The molecule has 0 radical (unpaired) electrons. The van der Waals surface area contributed by atoms with E-state index in [0.29, 0.717) is 20.8 Å². The third-order valence-electron chi connectivity index (χ3n) is 4.49. The topological polar surface area (TPSA) is 97.6 Å². The van der Waals surface area contributed by atoms with Gasteiger partial charge >= 0.3 is 5.97 Å². The molecule has 3 aromatic rings. The van der Waals surface area contributed by atoms with Gasteiger partial charge in [-0.1, -0.05) is 17.7 Å². The Morgan fingerprint density at radius 3 is 2.42 bits per heavy atom. The van der Waals surface area contributed by atoms with Crippen molar-refractivity contribution < 1.29 is 23.5 Å². The molecule has 2 amide bonds. The van der Waals surface area contributed by atoms with Crippen molar-refractivity contribution in [2.45, 2.75) is 27.7 Å². The van der Waals surface area contributed by atoms with Crippen molar-refractivity contribution in [3.8, 4) is 0 Å². The second-order valence-corrected chi connectivity index (χ2v) is 8.61. The molecular formula is C22H21BrN2O5S. The number of carbonyl (C=O) groups excluding carboxylic acids is 3. The molecule has 0 aliphatic carbocycles. The van der Waals surface area contributed by atoms with Crippen molar-refractivity contribution in [1.29, 1.82) is 0 Å². The minimum Gasteiger partial charge on any atom is -0.462 e. The predicted octanol–water partition coefficient (Wildman–Crippen LogP) is 5.71. The molecule has 0 aliphatic rings. The molecule has 7 nitrogen and oxygen atoms in total. The van der Waals surface area contributed by atoms with Gasteiger partial charge in [0.2, 0.25) is 0 Å². The highest BCUT2D eigenvalue weighted by Gasteiger charge is 2.27. The van der Waals surface area contributed by atoms with E-state index in [-0.39, 0.29) is 28.8 Å². The van der Waals surface area contributed by atoms with Crippen molar-refractivity contribution in [3.05, 3.63) is 67.9 Å². The largest absolute Gasteiger partial charge is 0.462 e. The Bertz CT molecular complexity index is 1160. The van der Waals surface area contributed by atoms with Crippen molar-refractivity contribution in [2.75, 3.05) is 17.2 Å². The third-order valence-corrected chi connectivity index (χ3v) is 6.12. The second kappa shape index (κ2) is 9.49.